The zero-order valence-corrected chi connectivity index (χ0v) is 12.3. The van der Waals surface area contributed by atoms with Gasteiger partial charge in [0.1, 0.15) is 0 Å². The SMILES string of the molecule is CN1CCC(CN(C)C2CCCCCC2N)CC1. The molecule has 0 bridgehead atoms. The molecule has 2 atom stereocenters. The number of hydrogen-bond donors (Lipinski definition) is 1. The highest BCUT2D eigenvalue weighted by Gasteiger charge is 2.26. The van der Waals surface area contributed by atoms with E-state index in [1.165, 1.54) is 64.6 Å². The smallest absolute Gasteiger partial charge is 0.0244 e. The molecule has 2 aliphatic rings. The molecule has 2 unspecified atom stereocenters. The largest absolute Gasteiger partial charge is 0.326 e. The average Bonchev–Trinajstić information content (AvgIpc) is 2.57. The van der Waals surface area contributed by atoms with E-state index in [1.807, 2.05) is 0 Å². The van der Waals surface area contributed by atoms with E-state index in [4.69, 9.17) is 5.73 Å². The molecule has 0 amide bonds. The summed E-state index contributed by atoms with van der Waals surface area (Å²) in [6, 6.07) is 1.04. The first kappa shape index (κ1) is 14.3. The predicted molar refractivity (Wildman–Crippen MR) is 77.7 cm³/mol. The summed E-state index contributed by atoms with van der Waals surface area (Å²) in [5, 5.41) is 0. The van der Waals surface area contributed by atoms with Gasteiger partial charge in [-0.3, -0.25) is 0 Å². The van der Waals surface area contributed by atoms with Crippen molar-refractivity contribution in [2.75, 3.05) is 33.7 Å². The topological polar surface area (TPSA) is 32.5 Å². The molecular formula is C15H31N3. The Kier molecular flexibility index (Phi) is 5.46. The van der Waals surface area contributed by atoms with Gasteiger partial charge < -0.3 is 15.5 Å². The van der Waals surface area contributed by atoms with Crippen LogP contribution in [-0.4, -0.2) is 55.6 Å². The van der Waals surface area contributed by atoms with Crippen LogP contribution >= 0.6 is 0 Å². The quantitative estimate of drug-likeness (QED) is 0.780. The molecule has 1 saturated carbocycles. The molecule has 0 radical (unpaired) electrons. The van der Waals surface area contributed by atoms with Gasteiger partial charge in [-0.05, 0) is 58.8 Å². The molecule has 1 aliphatic carbocycles. The third-order valence-corrected chi connectivity index (χ3v) is 4.98. The number of nitrogens with two attached hydrogens (primary N) is 1. The number of rotatable bonds is 3. The predicted octanol–water partition coefficient (Wildman–Crippen LogP) is 1.92. The van der Waals surface area contributed by atoms with Crippen molar-refractivity contribution in [2.24, 2.45) is 11.7 Å². The molecule has 0 spiro atoms. The van der Waals surface area contributed by atoms with Gasteiger partial charge in [-0.25, -0.2) is 0 Å². The van der Waals surface area contributed by atoms with E-state index >= 15 is 0 Å². The van der Waals surface area contributed by atoms with Gasteiger partial charge in [-0.2, -0.15) is 0 Å². The minimum absolute atomic E-state index is 0.406. The van der Waals surface area contributed by atoms with Crippen molar-refractivity contribution in [3.05, 3.63) is 0 Å². The van der Waals surface area contributed by atoms with Crippen LogP contribution in [-0.2, 0) is 0 Å². The Morgan fingerprint density at radius 3 is 2.44 bits per heavy atom. The summed E-state index contributed by atoms with van der Waals surface area (Å²) < 4.78 is 0. The normalized spacial score (nSPS) is 32.7. The standard InChI is InChI=1S/C15H31N3/c1-17-10-8-13(9-11-17)12-18(2)15-7-5-3-4-6-14(15)16/h13-15H,3-12,16H2,1-2H3. The van der Waals surface area contributed by atoms with E-state index in [2.05, 4.69) is 23.9 Å². The first-order valence-corrected chi connectivity index (χ1v) is 7.81. The molecule has 2 fully saturated rings. The Morgan fingerprint density at radius 1 is 1.06 bits per heavy atom. The van der Waals surface area contributed by atoms with E-state index in [9.17, 15) is 0 Å². The molecule has 3 heteroatoms. The fourth-order valence-corrected chi connectivity index (χ4v) is 3.65. The number of nitrogens with zero attached hydrogens (tertiary/aromatic N) is 2. The monoisotopic (exact) mass is 253 g/mol. The van der Waals surface area contributed by atoms with E-state index in [0.29, 0.717) is 12.1 Å². The van der Waals surface area contributed by atoms with Gasteiger partial charge in [0.2, 0.25) is 0 Å². The average molecular weight is 253 g/mol. The number of likely N-dealkylation sites (tertiary alicyclic amines) is 1. The second-order valence-electron chi connectivity index (χ2n) is 6.56. The van der Waals surface area contributed by atoms with Crippen LogP contribution < -0.4 is 5.73 Å². The highest BCUT2D eigenvalue weighted by atomic mass is 15.2. The third kappa shape index (κ3) is 3.94. The van der Waals surface area contributed by atoms with Crippen LogP contribution in [0.2, 0.25) is 0 Å². The molecule has 1 aliphatic heterocycles. The molecule has 2 N–H and O–H groups in total. The van der Waals surface area contributed by atoms with Gasteiger partial charge in [0.05, 0.1) is 0 Å². The Labute approximate surface area is 113 Å². The fourth-order valence-electron chi connectivity index (χ4n) is 3.65. The molecule has 0 aromatic carbocycles. The van der Waals surface area contributed by atoms with Crippen molar-refractivity contribution in [3.63, 3.8) is 0 Å². The highest BCUT2D eigenvalue weighted by molar-refractivity contribution is 4.85. The number of piperidine rings is 1. The van der Waals surface area contributed by atoms with Crippen molar-refractivity contribution >= 4 is 0 Å². The number of likely N-dealkylation sites (N-methyl/N-ethyl adjacent to an activating group) is 1. The summed E-state index contributed by atoms with van der Waals surface area (Å²) in [4.78, 5) is 5.03. The molecule has 2 rings (SSSR count). The van der Waals surface area contributed by atoms with Gasteiger partial charge in [0.15, 0.2) is 0 Å². The Morgan fingerprint density at radius 2 is 1.72 bits per heavy atom. The molecule has 3 nitrogen and oxygen atoms in total. The number of hydrogen-bond acceptors (Lipinski definition) is 3. The minimum atomic E-state index is 0.406. The maximum Gasteiger partial charge on any atom is 0.0244 e. The van der Waals surface area contributed by atoms with Crippen LogP contribution in [0.4, 0.5) is 0 Å². The summed E-state index contributed by atoms with van der Waals surface area (Å²) in [7, 11) is 4.54. The van der Waals surface area contributed by atoms with Crippen LogP contribution in [0.5, 0.6) is 0 Å². The summed E-state index contributed by atoms with van der Waals surface area (Å²) >= 11 is 0. The van der Waals surface area contributed by atoms with Crippen LogP contribution in [0.1, 0.15) is 44.9 Å². The highest BCUT2D eigenvalue weighted by Crippen LogP contribution is 2.23. The lowest BCUT2D eigenvalue weighted by Gasteiger charge is -2.36. The third-order valence-electron chi connectivity index (χ3n) is 4.98. The van der Waals surface area contributed by atoms with E-state index < -0.39 is 0 Å². The van der Waals surface area contributed by atoms with Crippen LogP contribution in [0.25, 0.3) is 0 Å². The summed E-state index contributed by atoms with van der Waals surface area (Å²) in [6.45, 7) is 3.80. The van der Waals surface area contributed by atoms with Gasteiger partial charge in [0.25, 0.3) is 0 Å². The molecule has 18 heavy (non-hydrogen) atoms. The molecule has 0 aromatic heterocycles. The maximum absolute atomic E-state index is 6.36. The summed E-state index contributed by atoms with van der Waals surface area (Å²) in [5.41, 5.74) is 6.36. The van der Waals surface area contributed by atoms with Crippen molar-refractivity contribution < 1.29 is 0 Å². The Hall–Kier alpha value is -0.120. The second-order valence-corrected chi connectivity index (χ2v) is 6.56. The zero-order chi connectivity index (χ0) is 13.0. The lowest BCUT2D eigenvalue weighted by Crippen LogP contribution is -2.48. The Balaban J connectivity index is 1.80. The molecule has 106 valence electrons. The van der Waals surface area contributed by atoms with Crippen molar-refractivity contribution in [2.45, 2.75) is 57.0 Å². The maximum atomic E-state index is 6.36. The lowest BCUT2D eigenvalue weighted by atomic mass is 9.94. The van der Waals surface area contributed by atoms with Gasteiger partial charge >= 0.3 is 0 Å². The molecule has 1 heterocycles. The van der Waals surface area contributed by atoms with E-state index in [-0.39, 0.29) is 0 Å². The van der Waals surface area contributed by atoms with Gasteiger partial charge in [-0.1, -0.05) is 19.3 Å². The summed E-state index contributed by atoms with van der Waals surface area (Å²) in [5.74, 6) is 0.890. The molecule has 1 saturated heterocycles. The molecule has 0 aromatic rings. The lowest BCUT2D eigenvalue weighted by molar-refractivity contribution is 0.133. The van der Waals surface area contributed by atoms with Crippen LogP contribution in [0, 0.1) is 5.92 Å². The van der Waals surface area contributed by atoms with Crippen molar-refractivity contribution in [3.8, 4) is 0 Å². The minimum Gasteiger partial charge on any atom is -0.326 e. The first-order chi connectivity index (χ1) is 8.66. The summed E-state index contributed by atoms with van der Waals surface area (Å²) in [6.07, 6.45) is 9.35. The first-order valence-electron chi connectivity index (χ1n) is 7.81. The van der Waals surface area contributed by atoms with Gasteiger partial charge in [-0.15, -0.1) is 0 Å². The second kappa shape index (κ2) is 6.88. The fraction of sp³-hybridized carbons (Fsp3) is 1.00. The van der Waals surface area contributed by atoms with Crippen LogP contribution in [0.3, 0.4) is 0 Å². The Bertz CT molecular complexity index is 236. The zero-order valence-electron chi connectivity index (χ0n) is 12.3. The van der Waals surface area contributed by atoms with E-state index in [0.717, 1.165) is 5.92 Å². The van der Waals surface area contributed by atoms with Crippen molar-refractivity contribution in [1.29, 1.82) is 0 Å². The molecular weight excluding hydrogens is 222 g/mol. The van der Waals surface area contributed by atoms with Crippen molar-refractivity contribution in [1.82, 2.24) is 9.80 Å². The van der Waals surface area contributed by atoms with Crippen LogP contribution in [0.15, 0.2) is 0 Å². The van der Waals surface area contributed by atoms with E-state index in [1.54, 1.807) is 0 Å². The van der Waals surface area contributed by atoms with Gasteiger partial charge in [0, 0.05) is 18.6 Å².